The third-order valence-electron chi connectivity index (χ3n) is 3.76. The summed E-state index contributed by atoms with van der Waals surface area (Å²) in [4.78, 5) is 27.5. The van der Waals surface area contributed by atoms with E-state index < -0.39 is 0 Å². The van der Waals surface area contributed by atoms with Crippen LogP contribution in [-0.2, 0) is 0 Å². The van der Waals surface area contributed by atoms with Crippen LogP contribution in [0.5, 0.6) is 5.75 Å². The first-order chi connectivity index (χ1) is 12.6. The molecule has 3 aromatic rings. The Hall–Kier alpha value is -3.06. The molecular formula is C19H21N5O2. The molecule has 134 valence electrons. The molecule has 3 heterocycles. The van der Waals surface area contributed by atoms with Crippen molar-refractivity contribution in [2.24, 2.45) is 0 Å². The van der Waals surface area contributed by atoms with Crippen LogP contribution in [-0.4, -0.2) is 52.9 Å². The third-order valence-corrected chi connectivity index (χ3v) is 3.76. The number of anilines is 2. The number of carbonyl (C=O) groups excluding carboxylic acids is 1. The molecule has 0 radical (unpaired) electrons. The van der Waals surface area contributed by atoms with E-state index in [0.29, 0.717) is 34.8 Å². The second kappa shape index (κ2) is 7.88. The van der Waals surface area contributed by atoms with Crippen molar-refractivity contribution in [2.45, 2.75) is 6.92 Å². The topological polar surface area (TPSA) is 80.2 Å². The van der Waals surface area contributed by atoms with Crippen LogP contribution >= 0.6 is 0 Å². The average Bonchev–Trinajstić information content (AvgIpc) is 2.62. The summed E-state index contributed by atoms with van der Waals surface area (Å²) >= 11 is 0. The fourth-order valence-corrected chi connectivity index (χ4v) is 2.53. The minimum Gasteiger partial charge on any atom is -0.489 e. The molecule has 0 amide bonds. The molecule has 0 unspecified atom stereocenters. The molecule has 3 aromatic heterocycles. The number of pyridine rings is 3. The van der Waals surface area contributed by atoms with Gasteiger partial charge in [-0.25, -0.2) is 4.98 Å². The predicted octanol–water partition coefficient (Wildman–Crippen LogP) is 2.91. The van der Waals surface area contributed by atoms with Crippen molar-refractivity contribution in [1.82, 2.24) is 19.9 Å². The van der Waals surface area contributed by atoms with Gasteiger partial charge in [-0.05, 0) is 45.3 Å². The van der Waals surface area contributed by atoms with Crippen molar-refractivity contribution < 1.29 is 9.53 Å². The fourth-order valence-electron chi connectivity index (χ4n) is 2.53. The highest BCUT2D eigenvalue weighted by Gasteiger charge is 2.21. The van der Waals surface area contributed by atoms with E-state index in [-0.39, 0.29) is 5.78 Å². The van der Waals surface area contributed by atoms with Crippen LogP contribution in [0.4, 0.5) is 11.5 Å². The lowest BCUT2D eigenvalue weighted by Crippen LogP contribution is -2.20. The molecule has 0 aliphatic rings. The highest BCUT2D eigenvalue weighted by atomic mass is 16.5. The van der Waals surface area contributed by atoms with Crippen molar-refractivity contribution in [3.63, 3.8) is 0 Å². The number of ketones is 1. The Kier molecular flexibility index (Phi) is 5.38. The van der Waals surface area contributed by atoms with Crippen LogP contribution in [0.2, 0.25) is 0 Å². The first-order valence-electron chi connectivity index (χ1n) is 8.30. The standard InChI is InChI=1S/C19H21N5O2/c1-13(25)16-18(26-11-10-24(2)3)17-15(7-5-9-21-17)23-19(16)22-14-6-4-8-20-12-14/h4-9,12H,10-11H2,1-3H3,(H,22,23). The van der Waals surface area contributed by atoms with Crippen LogP contribution in [0, 0.1) is 0 Å². The zero-order valence-corrected chi connectivity index (χ0v) is 15.1. The Morgan fingerprint density at radius 3 is 2.73 bits per heavy atom. The van der Waals surface area contributed by atoms with Crippen molar-refractivity contribution in [1.29, 1.82) is 0 Å². The third kappa shape index (κ3) is 3.94. The van der Waals surface area contributed by atoms with Crippen LogP contribution in [0.15, 0.2) is 42.9 Å². The molecular weight excluding hydrogens is 330 g/mol. The van der Waals surface area contributed by atoms with Gasteiger partial charge in [-0.15, -0.1) is 0 Å². The van der Waals surface area contributed by atoms with Gasteiger partial charge in [0.15, 0.2) is 11.5 Å². The van der Waals surface area contributed by atoms with E-state index in [1.54, 1.807) is 24.7 Å². The Labute approximate surface area is 152 Å². The fraction of sp³-hybridized carbons (Fsp3) is 0.263. The summed E-state index contributed by atoms with van der Waals surface area (Å²) in [5, 5.41) is 3.17. The maximum absolute atomic E-state index is 12.4. The Bertz CT molecular complexity index is 912. The van der Waals surface area contributed by atoms with E-state index in [2.05, 4.69) is 20.3 Å². The quantitative estimate of drug-likeness (QED) is 0.656. The summed E-state index contributed by atoms with van der Waals surface area (Å²) in [7, 11) is 3.93. The predicted molar refractivity (Wildman–Crippen MR) is 101 cm³/mol. The van der Waals surface area contributed by atoms with E-state index in [9.17, 15) is 4.79 Å². The average molecular weight is 351 g/mol. The summed E-state index contributed by atoms with van der Waals surface area (Å²) in [6, 6.07) is 7.32. The first kappa shape index (κ1) is 17.8. The number of hydrogen-bond donors (Lipinski definition) is 1. The van der Waals surface area contributed by atoms with Gasteiger partial charge >= 0.3 is 0 Å². The van der Waals surface area contributed by atoms with Gasteiger partial charge in [0.2, 0.25) is 0 Å². The number of ether oxygens (including phenoxy) is 1. The number of hydrogen-bond acceptors (Lipinski definition) is 7. The van der Waals surface area contributed by atoms with Crippen molar-refractivity contribution >= 4 is 28.3 Å². The van der Waals surface area contributed by atoms with E-state index in [1.165, 1.54) is 6.92 Å². The van der Waals surface area contributed by atoms with E-state index >= 15 is 0 Å². The SMILES string of the molecule is CC(=O)c1c(Nc2cccnc2)nc2cccnc2c1OCCN(C)C. The Morgan fingerprint density at radius 1 is 1.23 bits per heavy atom. The van der Waals surface area contributed by atoms with E-state index in [4.69, 9.17) is 4.74 Å². The monoisotopic (exact) mass is 351 g/mol. The molecule has 26 heavy (non-hydrogen) atoms. The number of Topliss-reactive ketones (excluding diaryl/α,β-unsaturated/α-hetero) is 1. The molecule has 0 aromatic carbocycles. The number of likely N-dealkylation sites (N-methyl/N-ethyl adjacent to an activating group) is 1. The number of rotatable bonds is 7. The Balaban J connectivity index is 2.11. The highest BCUT2D eigenvalue weighted by Crippen LogP contribution is 2.34. The molecule has 0 bridgehead atoms. The zero-order chi connectivity index (χ0) is 18.5. The van der Waals surface area contributed by atoms with E-state index in [0.717, 1.165) is 12.2 Å². The molecule has 0 fully saturated rings. The second-order valence-electron chi connectivity index (χ2n) is 6.11. The van der Waals surface area contributed by atoms with Gasteiger partial charge in [-0.2, -0.15) is 0 Å². The molecule has 7 heteroatoms. The number of carbonyl (C=O) groups is 1. The van der Waals surface area contributed by atoms with Gasteiger partial charge in [-0.3, -0.25) is 14.8 Å². The van der Waals surface area contributed by atoms with Crippen molar-refractivity contribution in [3.05, 3.63) is 48.4 Å². The van der Waals surface area contributed by atoms with Crippen molar-refractivity contribution in [3.8, 4) is 5.75 Å². The van der Waals surface area contributed by atoms with Gasteiger partial charge < -0.3 is 15.0 Å². The summed E-state index contributed by atoms with van der Waals surface area (Å²) in [5.74, 6) is 0.749. The maximum Gasteiger partial charge on any atom is 0.167 e. The van der Waals surface area contributed by atoms with Crippen LogP contribution in [0.3, 0.4) is 0 Å². The molecule has 1 N–H and O–H groups in total. The molecule has 7 nitrogen and oxygen atoms in total. The molecule has 0 aliphatic heterocycles. The second-order valence-corrected chi connectivity index (χ2v) is 6.11. The van der Waals surface area contributed by atoms with Gasteiger partial charge in [-0.1, -0.05) is 0 Å². The number of nitrogens with one attached hydrogen (secondary N) is 1. The van der Waals surface area contributed by atoms with Crippen molar-refractivity contribution in [2.75, 3.05) is 32.6 Å². The molecule has 3 rings (SSSR count). The lowest BCUT2D eigenvalue weighted by Gasteiger charge is -2.17. The minimum absolute atomic E-state index is 0.142. The maximum atomic E-state index is 12.4. The molecule has 0 aliphatic carbocycles. The lowest BCUT2D eigenvalue weighted by atomic mass is 10.1. The van der Waals surface area contributed by atoms with Crippen LogP contribution < -0.4 is 10.1 Å². The molecule has 0 spiro atoms. The normalized spacial score (nSPS) is 10.9. The molecule has 0 atom stereocenters. The van der Waals surface area contributed by atoms with Gasteiger partial charge in [0, 0.05) is 18.9 Å². The highest BCUT2D eigenvalue weighted by molar-refractivity contribution is 6.06. The summed E-state index contributed by atoms with van der Waals surface area (Å²) in [6.07, 6.45) is 5.02. The molecule has 0 saturated heterocycles. The summed E-state index contributed by atoms with van der Waals surface area (Å²) in [6.45, 7) is 2.66. The number of nitrogens with zero attached hydrogens (tertiary/aromatic N) is 4. The summed E-state index contributed by atoms with van der Waals surface area (Å²) in [5.41, 5.74) is 2.36. The number of fused-ring (bicyclic) bond motifs is 1. The first-order valence-corrected chi connectivity index (χ1v) is 8.30. The smallest absolute Gasteiger partial charge is 0.167 e. The van der Waals surface area contributed by atoms with Crippen LogP contribution in [0.25, 0.3) is 11.0 Å². The molecule has 0 saturated carbocycles. The zero-order valence-electron chi connectivity index (χ0n) is 15.1. The minimum atomic E-state index is -0.142. The Morgan fingerprint density at radius 2 is 2.04 bits per heavy atom. The van der Waals surface area contributed by atoms with Crippen LogP contribution in [0.1, 0.15) is 17.3 Å². The summed E-state index contributed by atoms with van der Waals surface area (Å²) < 4.78 is 5.98. The largest absolute Gasteiger partial charge is 0.489 e. The van der Waals surface area contributed by atoms with Gasteiger partial charge in [0.25, 0.3) is 0 Å². The van der Waals surface area contributed by atoms with E-state index in [1.807, 2.05) is 37.2 Å². The lowest BCUT2D eigenvalue weighted by molar-refractivity contribution is 0.101. The van der Waals surface area contributed by atoms with Gasteiger partial charge in [0.1, 0.15) is 23.5 Å². The van der Waals surface area contributed by atoms with Gasteiger partial charge in [0.05, 0.1) is 17.4 Å². The number of aromatic nitrogens is 3.